The molecule has 0 aliphatic carbocycles. The fourth-order valence-corrected chi connectivity index (χ4v) is 2.21. The summed E-state index contributed by atoms with van der Waals surface area (Å²) in [6.07, 6.45) is -0.0484. The number of halogens is 2. The van der Waals surface area contributed by atoms with E-state index in [9.17, 15) is 9.18 Å². The van der Waals surface area contributed by atoms with Gasteiger partial charge in [-0.25, -0.2) is 4.39 Å². The number of hydrogen-bond donors (Lipinski definition) is 0. The molecule has 0 heterocycles. The van der Waals surface area contributed by atoms with Crippen LogP contribution in [0.4, 0.5) is 4.39 Å². The highest BCUT2D eigenvalue weighted by molar-refractivity contribution is 6.31. The number of carbonyl (C=O) groups is 1. The lowest BCUT2D eigenvalue weighted by Gasteiger charge is -2.11. The van der Waals surface area contributed by atoms with Crippen LogP contribution < -0.4 is 4.74 Å². The van der Waals surface area contributed by atoms with Gasteiger partial charge >= 0.3 is 0 Å². The van der Waals surface area contributed by atoms with Gasteiger partial charge in [-0.1, -0.05) is 29.8 Å². The van der Waals surface area contributed by atoms with Crippen LogP contribution in [-0.2, 0) is 6.42 Å². The predicted octanol–water partition coefficient (Wildman–Crippen LogP) is 4.69. The zero-order chi connectivity index (χ0) is 15.4. The average Bonchev–Trinajstić information content (AvgIpc) is 2.42. The quantitative estimate of drug-likeness (QED) is 0.749. The van der Waals surface area contributed by atoms with E-state index >= 15 is 0 Å². The van der Waals surface area contributed by atoms with Crippen LogP contribution in [0.3, 0.4) is 0 Å². The van der Waals surface area contributed by atoms with Gasteiger partial charge in [-0.15, -0.1) is 0 Å². The van der Waals surface area contributed by atoms with Gasteiger partial charge < -0.3 is 4.74 Å². The minimum absolute atomic E-state index is 0.0244. The van der Waals surface area contributed by atoms with Gasteiger partial charge in [0.2, 0.25) is 0 Å². The Hall–Kier alpha value is -1.87. The lowest BCUT2D eigenvalue weighted by molar-refractivity contribution is 0.0991. The molecule has 0 aliphatic heterocycles. The summed E-state index contributed by atoms with van der Waals surface area (Å²) in [5, 5.41) is 0.262. The molecule has 0 N–H and O–H groups in total. The summed E-state index contributed by atoms with van der Waals surface area (Å²) in [6, 6.07) is 11.3. The van der Waals surface area contributed by atoms with E-state index in [1.807, 2.05) is 13.8 Å². The summed E-state index contributed by atoms with van der Waals surface area (Å²) >= 11 is 5.94. The third-order valence-electron chi connectivity index (χ3n) is 2.93. The number of rotatable bonds is 5. The second-order valence-corrected chi connectivity index (χ2v) is 5.40. The first kappa shape index (κ1) is 15.5. The molecular weight excluding hydrogens is 291 g/mol. The van der Waals surface area contributed by atoms with E-state index in [2.05, 4.69) is 0 Å². The average molecular weight is 307 g/mol. The number of hydrogen-bond acceptors (Lipinski definition) is 2. The predicted molar refractivity (Wildman–Crippen MR) is 81.7 cm³/mol. The van der Waals surface area contributed by atoms with Crippen molar-refractivity contribution in [3.05, 3.63) is 64.4 Å². The number of ketones is 1. The highest BCUT2D eigenvalue weighted by Crippen LogP contribution is 2.22. The fourth-order valence-electron chi connectivity index (χ4n) is 1.98. The summed E-state index contributed by atoms with van der Waals surface area (Å²) in [6.45, 7) is 3.82. The molecule has 0 bridgehead atoms. The molecule has 0 saturated carbocycles. The van der Waals surface area contributed by atoms with Gasteiger partial charge in [0.05, 0.1) is 6.10 Å². The van der Waals surface area contributed by atoms with Crippen molar-refractivity contribution in [2.75, 3.05) is 0 Å². The molecule has 0 atom stereocenters. The molecule has 21 heavy (non-hydrogen) atoms. The van der Waals surface area contributed by atoms with Gasteiger partial charge in [-0.05, 0) is 38.1 Å². The second-order valence-electron chi connectivity index (χ2n) is 4.99. The maximum atomic E-state index is 13.7. The van der Waals surface area contributed by atoms with Gasteiger partial charge in [0.15, 0.2) is 5.78 Å². The van der Waals surface area contributed by atoms with E-state index in [0.29, 0.717) is 11.3 Å². The van der Waals surface area contributed by atoms with Crippen molar-refractivity contribution in [3.63, 3.8) is 0 Å². The molecule has 2 rings (SSSR count). The highest BCUT2D eigenvalue weighted by Gasteiger charge is 2.14. The molecule has 110 valence electrons. The number of ether oxygens (including phenoxy) is 1. The normalized spacial score (nSPS) is 10.7. The minimum Gasteiger partial charge on any atom is -0.491 e. The molecule has 2 nitrogen and oxygen atoms in total. The first-order valence-corrected chi connectivity index (χ1v) is 7.08. The van der Waals surface area contributed by atoms with Crippen molar-refractivity contribution in [1.82, 2.24) is 0 Å². The number of benzene rings is 2. The molecular formula is C17H16ClFO2. The summed E-state index contributed by atoms with van der Waals surface area (Å²) in [4.78, 5) is 12.3. The van der Waals surface area contributed by atoms with Gasteiger partial charge in [0.1, 0.15) is 11.6 Å². The van der Waals surface area contributed by atoms with Gasteiger partial charge in [-0.3, -0.25) is 4.79 Å². The Kier molecular flexibility index (Phi) is 4.97. The van der Waals surface area contributed by atoms with Crippen LogP contribution in [0, 0.1) is 5.82 Å². The van der Waals surface area contributed by atoms with Crippen LogP contribution in [0.25, 0.3) is 0 Å². The monoisotopic (exact) mass is 306 g/mol. The van der Waals surface area contributed by atoms with Crippen molar-refractivity contribution < 1.29 is 13.9 Å². The van der Waals surface area contributed by atoms with Crippen LogP contribution in [0.2, 0.25) is 5.02 Å². The third-order valence-corrected chi connectivity index (χ3v) is 3.28. The Morgan fingerprint density at radius 2 is 1.95 bits per heavy atom. The number of Topliss-reactive ketones (excluding diaryl/α,β-unsaturated/α-hetero) is 1. The molecule has 0 saturated heterocycles. The standard InChI is InChI=1S/C17H16ClFO2/c1-11(2)21-13-6-3-5-12(9-13)17(20)10-14-15(18)7-4-8-16(14)19/h3-9,11H,10H2,1-2H3. The SMILES string of the molecule is CC(C)Oc1cccc(C(=O)Cc2c(F)cccc2Cl)c1. The molecule has 0 aliphatic rings. The largest absolute Gasteiger partial charge is 0.491 e. The van der Waals surface area contributed by atoms with Crippen molar-refractivity contribution in [1.29, 1.82) is 0 Å². The molecule has 0 amide bonds. The first-order valence-electron chi connectivity index (χ1n) is 6.70. The topological polar surface area (TPSA) is 26.3 Å². The smallest absolute Gasteiger partial charge is 0.167 e. The fraction of sp³-hybridized carbons (Fsp3) is 0.235. The van der Waals surface area contributed by atoms with Crippen LogP contribution in [0.5, 0.6) is 5.75 Å². The lowest BCUT2D eigenvalue weighted by Crippen LogP contribution is -2.08. The summed E-state index contributed by atoms with van der Waals surface area (Å²) in [5.41, 5.74) is 0.701. The van der Waals surface area contributed by atoms with Crippen LogP contribution in [-0.4, -0.2) is 11.9 Å². The second kappa shape index (κ2) is 6.72. The third kappa shape index (κ3) is 4.05. The zero-order valence-corrected chi connectivity index (χ0v) is 12.7. The molecule has 0 radical (unpaired) electrons. The van der Waals surface area contributed by atoms with Crippen molar-refractivity contribution >= 4 is 17.4 Å². The van der Waals surface area contributed by atoms with Gasteiger partial charge in [-0.2, -0.15) is 0 Å². The molecule has 0 spiro atoms. The zero-order valence-electron chi connectivity index (χ0n) is 11.9. The Morgan fingerprint density at radius 3 is 2.62 bits per heavy atom. The summed E-state index contributed by atoms with van der Waals surface area (Å²) in [5.74, 6) is -0.0443. The van der Waals surface area contributed by atoms with Gasteiger partial charge in [0.25, 0.3) is 0 Å². The Morgan fingerprint density at radius 1 is 1.24 bits per heavy atom. The van der Waals surface area contributed by atoms with Gasteiger partial charge in [0, 0.05) is 22.6 Å². The first-order chi connectivity index (χ1) is 9.97. The van der Waals surface area contributed by atoms with Crippen LogP contribution >= 0.6 is 11.6 Å². The lowest BCUT2D eigenvalue weighted by atomic mass is 10.0. The Bertz CT molecular complexity index is 633. The van der Waals surface area contributed by atoms with E-state index in [4.69, 9.17) is 16.3 Å². The van der Waals surface area contributed by atoms with Crippen molar-refractivity contribution in [2.24, 2.45) is 0 Å². The van der Waals surface area contributed by atoms with E-state index in [0.717, 1.165) is 0 Å². The van der Waals surface area contributed by atoms with Crippen LogP contribution in [0.15, 0.2) is 42.5 Å². The molecule has 0 aromatic heterocycles. The Labute approximate surface area is 128 Å². The number of carbonyl (C=O) groups excluding carboxylic acids is 1. The van der Waals surface area contributed by atoms with E-state index in [-0.39, 0.29) is 28.9 Å². The van der Waals surface area contributed by atoms with E-state index in [1.54, 1.807) is 30.3 Å². The molecule has 2 aromatic rings. The molecule has 2 aromatic carbocycles. The minimum atomic E-state index is -0.467. The van der Waals surface area contributed by atoms with E-state index in [1.165, 1.54) is 12.1 Å². The summed E-state index contributed by atoms with van der Waals surface area (Å²) < 4.78 is 19.3. The van der Waals surface area contributed by atoms with Crippen molar-refractivity contribution in [3.8, 4) is 5.75 Å². The maximum absolute atomic E-state index is 13.7. The maximum Gasteiger partial charge on any atom is 0.167 e. The summed E-state index contributed by atoms with van der Waals surface area (Å²) in [7, 11) is 0. The highest BCUT2D eigenvalue weighted by atomic mass is 35.5. The van der Waals surface area contributed by atoms with E-state index < -0.39 is 5.82 Å². The van der Waals surface area contributed by atoms with Crippen molar-refractivity contribution in [2.45, 2.75) is 26.4 Å². The molecule has 0 unspecified atom stereocenters. The molecule has 0 fully saturated rings. The molecule has 4 heteroatoms. The Balaban J connectivity index is 2.21. The van der Waals surface area contributed by atoms with Crippen LogP contribution in [0.1, 0.15) is 29.8 Å².